The molecule has 0 fully saturated rings. The van der Waals surface area contributed by atoms with E-state index in [-0.39, 0.29) is 6.04 Å². The van der Waals surface area contributed by atoms with E-state index in [1.807, 2.05) is 32.9 Å². The number of nitrogens with zero attached hydrogens (tertiary/aromatic N) is 1. The number of ether oxygens (including phenoxy) is 2. The zero-order valence-corrected chi connectivity index (χ0v) is 13.7. The maximum atomic E-state index is 5.86. The van der Waals surface area contributed by atoms with E-state index in [9.17, 15) is 0 Å². The summed E-state index contributed by atoms with van der Waals surface area (Å²) in [6, 6.07) is 6.23. The second kappa shape index (κ2) is 7.42. The standard InChI is InChI=1S/C17H24N2O3/c1-11(18)7-14-5-6-17(20-4)15(8-14)9-21-10-16-12(2)19-22-13(16)3/h5-6,8,11H,7,9-10,18H2,1-4H3. The Morgan fingerprint density at radius 2 is 2.05 bits per heavy atom. The molecule has 22 heavy (non-hydrogen) atoms. The first-order valence-corrected chi connectivity index (χ1v) is 7.42. The van der Waals surface area contributed by atoms with Crippen LogP contribution in [0, 0.1) is 13.8 Å². The lowest BCUT2D eigenvalue weighted by Crippen LogP contribution is -2.17. The van der Waals surface area contributed by atoms with Crippen molar-refractivity contribution in [2.75, 3.05) is 7.11 Å². The minimum absolute atomic E-state index is 0.129. The molecule has 0 saturated heterocycles. The maximum Gasteiger partial charge on any atom is 0.139 e. The van der Waals surface area contributed by atoms with Crippen LogP contribution in [0.5, 0.6) is 5.75 Å². The van der Waals surface area contributed by atoms with Crippen LogP contribution in [0.3, 0.4) is 0 Å². The van der Waals surface area contributed by atoms with Crippen LogP contribution in [0.25, 0.3) is 0 Å². The van der Waals surface area contributed by atoms with Crippen LogP contribution < -0.4 is 10.5 Å². The fourth-order valence-corrected chi connectivity index (χ4v) is 2.41. The highest BCUT2D eigenvalue weighted by Crippen LogP contribution is 2.22. The molecule has 120 valence electrons. The summed E-state index contributed by atoms with van der Waals surface area (Å²) in [7, 11) is 1.67. The molecule has 5 heteroatoms. The number of benzene rings is 1. The summed E-state index contributed by atoms with van der Waals surface area (Å²) in [6.45, 7) is 6.75. The van der Waals surface area contributed by atoms with E-state index in [0.717, 1.165) is 34.8 Å². The zero-order valence-electron chi connectivity index (χ0n) is 13.7. The summed E-state index contributed by atoms with van der Waals surface area (Å²) in [5, 5.41) is 3.93. The van der Waals surface area contributed by atoms with E-state index >= 15 is 0 Å². The van der Waals surface area contributed by atoms with Gasteiger partial charge in [-0.15, -0.1) is 0 Å². The summed E-state index contributed by atoms with van der Waals surface area (Å²) < 4.78 is 16.4. The Kier molecular flexibility index (Phi) is 5.57. The fourth-order valence-electron chi connectivity index (χ4n) is 2.41. The molecule has 0 aliphatic heterocycles. The second-order valence-corrected chi connectivity index (χ2v) is 5.62. The molecule has 1 unspecified atom stereocenters. The van der Waals surface area contributed by atoms with Gasteiger partial charge in [-0.25, -0.2) is 0 Å². The van der Waals surface area contributed by atoms with Gasteiger partial charge in [-0.05, 0) is 44.9 Å². The second-order valence-electron chi connectivity index (χ2n) is 5.62. The van der Waals surface area contributed by atoms with Crippen molar-refractivity contribution < 1.29 is 14.0 Å². The molecule has 0 aliphatic rings. The Morgan fingerprint density at radius 3 is 2.64 bits per heavy atom. The normalized spacial score (nSPS) is 12.4. The van der Waals surface area contributed by atoms with Crippen LogP contribution in [-0.2, 0) is 24.4 Å². The van der Waals surface area contributed by atoms with E-state index < -0.39 is 0 Å². The molecule has 0 bridgehead atoms. The first-order valence-electron chi connectivity index (χ1n) is 7.42. The summed E-state index contributed by atoms with van der Waals surface area (Å²) in [5.41, 5.74) is 9.95. The molecule has 1 heterocycles. The number of rotatable bonds is 7. The van der Waals surface area contributed by atoms with Crippen molar-refractivity contribution in [1.29, 1.82) is 0 Å². The number of hydrogen-bond acceptors (Lipinski definition) is 5. The first-order chi connectivity index (χ1) is 10.5. The third-order valence-electron chi connectivity index (χ3n) is 3.59. The van der Waals surface area contributed by atoms with Gasteiger partial charge in [-0.3, -0.25) is 0 Å². The third-order valence-corrected chi connectivity index (χ3v) is 3.59. The van der Waals surface area contributed by atoms with E-state index in [0.29, 0.717) is 13.2 Å². The van der Waals surface area contributed by atoms with Crippen LogP contribution in [0.1, 0.15) is 35.1 Å². The van der Waals surface area contributed by atoms with Crippen molar-refractivity contribution in [2.24, 2.45) is 5.73 Å². The highest BCUT2D eigenvalue weighted by molar-refractivity contribution is 5.37. The number of hydrogen-bond donors (Lipinski definition) is 1. The smallest absolute Gasteiger partial charge is 0.139 e. The monoisotopic (exact) mass is 304 g/mol. The summed E-state index contributed by atoms with van der Waals surface area (Å²) in [5.74, 6) is 1.63. The summed E-state index contributed by atoms with van der Waals surface area (Å²) in [4.78, 5) is 0. The van der Waals surface area contributed by atoms with Crippen LogP contribution in [0.4, 0.5) is 0 Å². The molecule has 0 radical (unpaired) electrons. The molecule has 0 spiro atoms. The summed E-state index contributed by atoms with van der Waals surface area (Å²) in [6.07, 6.45) is 0.834. The zero-order chi connectivity index (χ0) is 16.1. The van der Waals surface area contributed by atoms with Crippen molar-refractivity contribution >= 4 is 0 Å². The average molecular weight is 304 g/mol. The van der Waals surface area contributed by atoms with Gasteiger partial charge in [-0.1, -0.05) is 11.2 Å². The van der Waals surface area contributed by atoms with Crippen molar-refractivity contribution in [3.63, 3.8) is 0 Å². The van der Waals surface area contributed by atoms with Gasteiger partial charge in [0, 0.05) is 17.2 Å². The lowest BCUT2D eigenvalue weighted by Gasteiger charge is -2.12. The molecular weight excluding hydrogens is 280 g/mol. The van der Waals surface area contributed by atoms with Crippen LogP contribution in [0.2, 0.25) is 0 Å². The molecular formula is C17H24N2O3. The predicted octanol–water partition coefficient (Wildman–Crippen LogP) is 2.91. The molecule has 1 aromatic carbocycles. The Hall–Kier alpha value is -1.85. The molecule has 1 aromatic heterocycles. The number of nitrogens with two attached hydrogens (primary N) is 1. The van der Waals surface area contributed by atoms with Crippen molar-refractivity contribution in [1.82, 2.24) is 5.16 Å². The SMILES string of the molecule is COc1ccc(CC(C)N)cc1COCc1c(C)noc1C. The first kappa shape index (κ1) is 16.5. The Bertz CT molecular complexity index is 601. The van der Waals surface area contributed by atoms with Gasteiger partial charge in [-0.2, -0.15) is 0 Å². The van der Waals surface area contributed by atoms with Gasteiger partial charge in [0.05, 0.1) is 26.0 Å². The maximum absolute atomic E-state index is 5.86. The topological polar surface area (TPSA) is 70.5 Å². The molecule has 2 rings (SSSR count). The van der Waals surface area contributed by atoms with Gasteiger partial charge < -0.3 is 19.7 Å². The van der Waals surface area contributed by atoms with E-state index in [1.54, 1.807) is 7.11 Å². The van der Waals surface area contributed by atoms with Gasteiger partial charge in [0.2, 0.25) is 0 Å². The Morgan fingerprint density at radius 1 is 1.27 bits per heavy atom. The van der Waals surface area contributed by atoms with Crippen LogP contribution in [-0.4, -0.2) is 18.3 Å². The van der Waals surface area contributed by atoms with Crippen molar-refractivity contribution in [2.45, 2.75) is 46.4 Å². The Labute approximate surface area is 131 Å². The molecule has 2 N–H and O–H groups in total. The van der Waals surface area contributed by atoms with Crippen LogP contribution in [0.15, 0.2) is 22.7 Å². The molecule has 5 nitrogen and oxygen atoms in total. The number of methoxy groups -OCH3 is 1. The molecule has 1 atom stereocenters. The third kappa shape index (κ3) is 4.08. The van der Waals surface area contributed by atoms with Crippen molar-refractivity contribution in [3.8, 4) is 5.75 Å². The Balaban J connectivity index is 2.04. The van der Waals surface area contributed by atoms with Gasteiger partial charge in [0.1, 0.15) is 11.5 Å². The van der Waals surface area contributed by atoms with E-state index in [4.69, 9.17) is 19.7 Å². The van der Waals surface area contributed by atoms with Gasteiger partial charge in [0.25, 0.3) is 0 Å². The van der Waals surface area contributed by atoms with Crippen molar-refractivity contribution in [3.05, 3.63) is 46.3 Å². The molecule has 0 saturated carbocycles. The number of aromatic nitrogens is 1. The minimum atomic E-state index is 0.129. The lowest BCUT2D eigenvalue weighted by molar-refractivity contribution is 0.104. The number of aryl methyl sites for hydroxylation is 2. The quantitative estimate of drug-likeness (QED) is 0.851. The predicted molar refractivity (Wildman–Crippen MR) is 84.8 cm³/mol. The molecule has 0 amide bonds. The minimum Gasteiger partial charge on any atom is -0.496 e. The lowest BCUT2D eigenvalue weighted by atomic mass is 10.0. The van der Waals surface area contributed by atoms with Gasteiger partial charge >= 0.3 is 0 Å². The summed E-state index contributed by atoms with van der Waals surface area (Å²) >= 11 is 0. The largest absolute Gasteiger partial charge is 0.496 e. The van der Waals surface area contributed by atoms with Gasteiger partial charge in [0.15, 0.2) is 0 Å². The van der Waals surface area contributed by atoms with E-state index in [1.165, 1.54) is 5.56 Å². The highest BCUT2D eigenvalue weighted by atomic mass is 16.5. The fraction of sp³-hybridized carbons (Fsp3) is 0.471. The average Bonchev–Trinajstić information content (AvgIpc) is 2.78. The molecule has 0 aliphatic carbocycles. The molecule has 2 aromatic rings. The highest BCUT2D eigenvalue weighted by Gasteiger charge is 2.11. The van der Waals surface area contributed by atoms with Crippen LogP contribution >= 0.6 is 0 Å². The van der Waals surface area contributed by atoms with E-state index in [2.05, 4.69) is 11.2 Å².